The number of benzene rings is 1. The number of anilines is 1. The first-order valence-corrected chi connectivity index (χ1v) is 8.64. The number of nitrogens with one attached hydrogen (secondary N) is 2. The molecule has 1 aliphatic heterocycles. The van der Waals surface area contributed by atoms with Crippen LogP contribution in [0.4, 0.5) is 10.5 Å². The summed E-state index contributed by atoms with van der Waals surface area (Å²) in [6, 6.07) is 5.53. The van der Waals surface area contributed by atoms with E-state index in [1.807, 2.05) is 13.0 Å². The minimum atomic E-state index is -0.190. The average molecular weight is 340 g/mol. The number of aliphatic hydroxyl groups is 1. The van der Waals surface area contributed by atoms with Gasteiger partial charge in [-0.25, -0.2) is 4.79 Å². The van der Waals surface area contributed by atoms with Crippen molar-refractivity contribution in [3.63, 3.8) is 0 Å². The summed E-state index contributed by atoms with van der Waals surface area (Å²) in [7, 11) is 0. The second-order valence-corrected chi connectivity index (χ2v) is 6.50. The lowest BCUT2D eigenvalue weighted by molar-refractivity contribution is 0.157. The van der Waals surface area contributed by atoms with Crippen LogP contribution >= 0.6 is 11.6 Å². The Morgan fingerprint density at radius 3 is 3.00 bits per heavy atom. The van der Waals surface area contributed by atoms with Crippen molar-refractivity contribution in [2.24, 2.45) is 0 Å². The van der Waals surface area contributed by atoms with E-state index in [4.69, 9.17) is 11.6 Å². The summed E-state index contributed by atoms with van der Waals surface area (Å²) >= 11 is 5.90. The van der Waals surface area contributed by atoms with Gasteiger partial charge in [-0.05, 0) is 69.5 Å². The lowest BCUT2D eigenvalue weighted by Gasteiger charge is -2.22. The summed E-state index contributed by atoms with van der Waals surface area (Å²) in [5, 5.41) is 15.6. The molecule has 0 saturated carbocycles. The SMILES string of the molecule is Cc1cc(Cl)ccc1NC(=O)NCCCCN1CCC[C@@H]1CO. The van der Waals surface area contributed by atoms with Crippen molar-refractivity contribution >= 4 is 23.3 Å². The molecule has 6 heteroatoms. The highest BCUT2D eigenvalue weighted by atomic mass is 35.5. The molecule has 1 aromatic carbocycles. The largest absolute Gasteiger partial charge is 0.395 e. The Kier molecular flexibility index (Phi) is 7.15. The van der Waals surface area contributed by atoms with Gasteiger partial charge in [0.15, 0.2) is 0 Å². The molecule has 2 amide bonds. The highest BCUT2D eigenvalue weighted by Crippen LogP contribution is 2.19. The van der Waals surface area contributed by atoms with E-state index in [2.05, 4.69) is 15.5 Å². The van der Waals surface area contributed by atoms with Crippen LogP contribution in [0.5, 0.6) is 0 Å². The number of rotatable bonds is 7. The van der Waals surface area contributed by atoms with Crippen molar-refractivity contribution in [1.82, 2.24) is 10.2 Å². The number of unbranched alkanes of at least 4 members (excludes halogenated alkanes) is 1. The summed E-state index contributed by atoms with van der Waals surface area (Å²) in [5.74, 6) is 0. The smallest absolute Gasteiger partial charge is 0.319 e. The van der Waals surface area contributed by atoms with Gasteiger partial charge in [-0.1, -0.05) is 11.6 Å². The lowest BCUT2D eigenvalue weighted by Crippen LogP contribution is -2.34. The maximum atomic E-state index is 11.9. The summed E-state index contributed by atoms with van der Waals surface area (Å²) in [6.45, 7) is 4.88. The van der Waals surface area contributed by atoms with Gasteiger partial charge in [-0.2, -0.15) is 0 Å². The molecule has 1 atom stereocenters. The van der Waals surface area contributed by atoms with E-state index in [0.717, 1.165) is 43.6 Å². The maximum absolute atomic E-state index is 11.9. The molecule has 1 fully saturated rings. The van der Waals surface area contributed by atoms with Crippen LogP contribution in [-0.4, -0.2) is 48.3 Å². The van der Waals surface area contributed by atoms with Crippen LogP contribution in [0.25, 0.3) is 0 Å². The molecular weight excluding hydrogens is 314 g/mol. The number of carbonyl (C=O) groups excluding carboxylic acids is 1. The van der Waals surface area contributed by atoms with Crippen molar-refractivity contribution in [2.75, 3.05) is 31.6 Å². The number of nitrogens with zero attached hydrogens (tertiary/aromatic N) is 1. The van der Waals surface area contributed by atoms with Crippen molar-refractivity contribution in [3.05, 3.63) is 28.8 Å². The average Bonchev–Trinajstić information content (AvgIpc) is 2.97. The number of amides is 2. The number of likely N-dealkylation sites (tertiary alicyclic amines) is 1. The molecule has 2 rings (SSSR count). The molecule has 0 aliphatic carbocycles. The summed E-state index contributed by atoms with van der Waals surface area (Å²) in [5.41, 5.74) is 1.71. The van der Waals surface area contributed by atoms with Crippen LogP contribution in [0, 0.1) is 6.92 Å². The number of hydrogen-bond acceptors (Lipinski definition) is 3. The molecule has 23 heavy (non-hydrogen) atoms. The number of hydrogen-bond donors (Lipinski definition) is 3. The maximum Gasteiger partial charge on any atom is 0.319 e. The van der Waals surface area contributed by atoms with E-state index in [-0.39, 0.29) is 12.6 Å². The molecule has 0 unspecified atom stereocenters. The monoisotopic (exact) mass is 339 g/mol. The molecule has 1 aliphatic rings. The molecule has 5 nitrogen and oxygen atoms in total. The van der Waals surface area contributed by atoms with Crippen LogP contribution in [0.15, 0.2) is 18.2 Å². The van der Waals surface area contributed by atoms with Crippen molar-refractivity contribution in [1.29, 1.82) is 0 Å². The Bertz CT molecular complexity index is 525. The Balaban J connectivity index is 1.61. The number of urea groups is 1. The van der Waals surface area contributed by atoms with Crippen LogP contribution in [0.3, 0.4) is 0 Å². The van der Waals surface area contributed by atoms with Gasteiger partial charge in [-0.15, -0.1) is 0 Å². The fourth-order valence-corrected chi connectivity index (χ4v) is 3.20. The number of aryl methyl sites for hydroxylation is 1. The molecule has 1 aromatic rings. The van der Waals surface area contributed by atoms with E-state index in [0.29, 0.717) is 17.6 Å². The quantitative estimate of drug-likeness (QED) is 0.669. The zero-order chi connectivity index (χ0) is 16.7. The Morgan fingerprint density at radius 2 is 2.26 bits per heavy atom. The first kappa shape index (κ1) is 18.0. The Hall–Kier alpha value is -1.30. The number of halogens is 1. The summed E-state index contributed by atoms with van der Waals surface area (Å²) in [4.78, 5) is 14.2. The van der Waals surface area contributed by atoms with Crippen LogP contribution in [0.1, 0.15) is 31.2 Å². The fourth-order valence-electron chi connectivity index (χ4n) is 2.97. The van der Waals surface area contributed by atoms with Gasteiger partial charge in [-0.3, -0.25) is 4.90 Å². The zero-order valence-electron chi connectivity index (χ0n) is 13.6. The van der Waals surface area contributed by atoms with E-state index in [1.165, 1.54) is 6.42 Å². The molecule has 0 aromatic heterocycles. The van der Waals surface area contributed by atoms with E-state index in [1.54, 1.807) is 12.1 Å². The predicted octanol–water partition coefficient (Wildman–Crippen LogP) is 3.01. The highest BCUT2D eigenvalue weighted by Gasteiger charge is 2.22. The van der Waals surface area contributed by atoms with E-state index >= 15 is 0 Å². The Morgan fingerprint density at radius 1 is 1.43 bits per heavy atom. The topological polar surface area (TPSA) is 64.6 Å². The summed E-state index contributed by atoms with van der Waals surface area (Å²) < 4.78 is 0. The van der Waals surface area contributed by atoms with Crippen LogP contribution in [-0.2, 0) is 0 Å². The minimum Gasteiger partial charge on any atom is -0.395 e. The predicted molar refractivity (Wildman–Crippen MR) is 94.1 cm³/mol. The van der Waals surface area contributed by atoms with Gasteiger partial charge in [0.05, 0.1) is 6.61 Å². The third-order valence-electron chi connectivity index (χ3n) is 4.30. The molecular formula is C17H26ClN3O2. The third-order valence-corrected chi connectivity index (χ3v) is 4.54. The molecule has 0 bridgehead atoms. The highest BCUT2D eigenvalue weighted by molar-refractivity contribution is 6.30. The van der Waals surface area contributed by atoms with Crippen molar-refractivity contribution in [3.8, 4) is 0 Å². The van der Waals surface area contributed by atoms with Gasteiger partial charge < -0.3 is 15.7 Å². The molecule has 3 N–H and O–H groups in total. The number of aliphatic hydroxyl groups excluding tert-OH is 1. The molecule has 0 radical (unpaired) electrons. The molecule has 1 saturated heterocycles. The lowest BCUT2D eigenvalue weighted by atomic mass is 10.2. The van der Waals surface area contributed by atoms with Crippen molar-refractivity contribution in [2.45, 2.75) is 38.6 Å². The molecule has 0 spiro atoms. The standard InChI is InChI=1S/C17H26ClN3O2/c1-13-11-14(18)6-7-16(13)20-17(23)19-8-2-3-9-21-10-4-5-15(21)12-22/h6-7,11,15,22H,2-5,8-10,12H2,1H3,(H2,19,20,23)/t15-/m1/s1. The second-order valence-electron chi connectivity index (χ2n) is 6.06. The zero-order valence-corrected chi connectivity index (χ0v) is 14.4. The first-order valence-electron chi connectivity index (χ1n) is 8.26. The van der Waals surface area contributed by atoms with Crippen LogP contribution < -0.4 is 10.6 Å². The van der Waals surface area contributed by atoms with E-state index < -0.39 is 0 Å². The fraction of sp³-hybridized carbons (Fsp3) is 0.588. The van der Waals surface area contributed by atoms with Gasteiger partial charge >= 0.3 is 6.03 Å². The molecule has 1 heterocycles. The van der Waals surface area contributed by atoms with Crippen LogP contribution in [0.2, 0.25) is 5.02 Å². The van der Waals surface area contributed by atoms with Gasteiger partial charge in [0.2, 0.25) is 0 Å². The molecule has 128 valence electrons. The van der Waals surface area contributed by atoms with Gasteiger partial charge in [0.25, 0.3) is 0 Å². The van der Waals surface area contributed by atoms with Crippen molar-refractivity contribution < 1.29 is 9.90 Å². The second kappa shape index (κ2) is 9.11. The Labute approximate surface area is 143 Å². The van der Waals surface area contributed by atoms with Gasteiger partial charge in [0, 0.05) is 23.3 Å². The minimum absolute atomic E-state index is 0.190. The number of carbonyl (C=O) groups is 1. The van der Waals surface area contributed by atoms with Gasteiger partial charge in [0.1, 0.15) is 0 Å². The third kappa shape index (κ3) is 5.68. The first-order chi connectivity index (χ1) is 11.1. The van der Waals surface area contributed by atoms with E-state index in [9.17, 15) is 9.90 Å². The normalized spacial score (nSPS) is 18.1. The summed E-state index contributed by atoms with van der Waals surface area (Å²) in [6.07, 6.45) is 4.22.